The van der Waals surface area contributed by atoms with Gasteiger partial charge in [0.25, 0.3) is 5.88 Å². The summed E-state index contributed by atoms with van der Waals surface area (Å²) >= 11 is 6.03. The Morgan fingerprint density at radius 1 is 1.53 bits per heavy atom. The fourth-order valence-electron chi connectivity index (χ4n) is 1.44. The number of aromatic nitrogens is 1. The molecule has 0 radical (unpaired) electrons. The summed E-state index contributed by atoms with van der Waals surface area (Å²) in [5.41, 5.74) is -0.208. The smallest absolute Gasteiger partial charge is 0.258 e. The van der Waals surface area contributed by atoms with Gasteiger partial charge in [-0.05, 0) is 13.0 Å². The molecule has 82 valence electrons. The fourth-order valence-corrected chi connectivity index (χ4v) is 1.62. The maximum atomic E-state index is 6.03. The van der Waals surface area contributed by atoms with E-state index in [1.54, 1.807) is 19.4 Å². The van der Waals surface area contributed by atoms with Crippen LogP contribution in [0.2, 0.25) is 5.02 Å². The molecule has 0 saturated carbocycles. The number of ether oxygens (including phenoxy) is 2. The van der Waals surface area contributed by atoms with Crippen LogP contribution in [0.1, 0.15) is 6.92 Å². The number of hydrogen-bond donors (Lipinski definition) is 1. The molecule has 4 nitrogen and oxygen atoms in total. The molecule has 0 bridgehead atoms. The van der Waals surface area contributed by atoms with E-state index >= 15 is 0 Å². The van der Waals surface area contributed by atoms with Crippen molar-refractivity contribution in [2.45, 2.75) is 12.5 Å². The summed E-state index contributed by atoms with van der Waals surface area (Å²) in [5.74, 6) is 0.946. The van der Waals surface area contributed by atoms with Gasteiger partial charge < -0.3 is 14.8 Å². The predicted octanol–water partition coefficient (Wildman–Crippen LogP) is 1.48. The van der Waals surface area contributed by atoms with Crippen molar-refractivity contribution in [3.8, 4) is 11.6 Å². The molecule has 1 aromatic heterocycles. The number of methoxy groups -OCH3 is 1. The minimum Gasteiger partial charge on any atom is -0.478 e. The van der Waals surface area contributed by atoms with Crippen molar-refractivity contribution in [3.05, 3.63) is 17.3 Å². The second kappa shape index (κ2) is 3.87. The third kappa shape index (κ3) is 2.01. The summed E-state index contributed by atoms with van der Waals surface area (Å²) in [7, 11) is 1.55. The standard InChI is InChI=1S/C10H13ClN2O2/c1-10(5-12-6-10)15-8-7(11)3-4-13-9(8)14-2/h3-4,12H,5-6H2,1-2H3. The molecule has 1 aliphatic rings. The van der Waals surface area contributed by atoms with Gasteiger partial charge in [-0.15, -0.1) is 0 Å². The van der Waals surface area contributed by atoms with Crippen LogP contribution in [0.4, 0.5) is 0 Å². The Labute approximate surface area is 93.6 Å². The predicted molar refractivity (Wildman–Crippen MR) is 57.7 cm³/mol. The van der Waals surface area contributed by atoms with Crippen LogP contribution in [0.5, 0.6) is 11.6 Å². The first kappa shape index (κ1) is 10.5. The lowest BCUT2D eigenvalue weighted by atomic mass is 10.00. The average Bonchev–Trinajstić information content (AvgIpc) is 2.18. The molecule has 5 heteroatoms. The van der Waals surface area contributed by atoms with Crippen LogP contribution >= 0.6 is 11.6 Å². The van der Waals surface area contributed by atoms with Gasteiger partial charge in [0.15, 0.2) is 0 Å². The number of hydrogen-bond acceptors (Lipinski definition) is 4. The molecule has 1 aliphatic heterocycles. The van der Waals surface area contributed by atoms with Gasteiger partial charge in [0.05, 0.1) is 12.1 Å². The monoisotopic (exact) mass is 228 g/mol. The van der Waals surface area contributed by atoms with Crippen LogP contribution in [-0.4, -0.2) is 30.8 Å². The fraction of sp³-hybridized carbons (Fsp3) is 0.500. The Bertz CT molecular complexity index is 366. The van der Waals surface area contributed by atoms with Gasteiger partial charge in [0, 0.05) is 19.3 Å². The highest BCUT2D eigenvalue weighted by Gasteiger charge is 2.35. The maximum absolute atomic E-state index is 6.03. The zero-order valence-electron chi connectivity index (χ0n) is 8.71. The summed E-state index contributed by atoms with van der Waals surface area (Å²) in [6.07, 6.45) is 1.59. The van der Waals surface area contributed by atoms with E-state index < -0.39 is 0 Å². The molecule has 0 aliphatic carbocycles. The lowest BCUT2D eigenvalue weighted by Gasteiger charge is -2.39. The third-order valence-electron chi connectivity index (χ3n) is 2.36. The molecule has 0 aromatic carbocycles. The molecule has 2 rings (SSSR count). The van der Waals surface area contributed by atoms with Crippen LogP contribution in [0.3, 0.4) is 0 Å². The van der Waals surface area contributed by atoms with Crippen LogP contribution in [0.25, 0.3) is 0 Å². The molecule has 15 heavy (non-hydrogen) atoms. The molecular formula is C10H13ClN2O2. The normalized spacial score (nSPS) is 18.1. The lowest BCUT2D eigenvalue weighted by Crippen LogP contribution is -2.61. The van der Waals surface area contributed by atoms with Gasteiger partial charge in [0.2, 0.25) is 5.75 Å². The highest BCUT2D eigenvalue weighted by atomic mass is 35.5. The molecular weight excluding hydrogens is 216 g/mol. The zero-order valence-corrected chi connectivity index (χ0v) is 9.47. The van der Waals surface area contributed by atoms with Gasteiger partial charge in [0.1, 0.15) is 5.60 Å². The molecule has 1 fully saturated rings. The molecule has 1 aromatic rings. The van der Waals surface area contributed by atoms with Gasteiger partial charge in [-0.2, -0.15) is 0 Å². The number of nitrogens with zero attached hydrogens (tertiary/aromatic N) is 1. The van der Waals surface area contributed by atoms with E-state index in [0.29, 0.717) is 16.7 Å². The van der Waals surface area contributed by atoms with Crippen LogP contribution in [-0.2, 0) is 0 Å². The first-order valence-electron chi connectivity index (χ1n) is 4.73. The van der Waals surface area contributed by atoms with Gasteiger partial charge in [-0.3, -0.25) is 0 Å². The van der Waals surface area contributed by atoms with E-state index in [9.17, 15) is 0 Å². The van der Waals surface area contributed by atoms with Crippen LogP contribution in [0.15, 0.2) is 12.3 Å². The summed E-state index contributed by atoms with van der Waals surface area (Å²) in [5, 5.41) is 3.67. The molecule has 0 atom stereocenters. The third-order valence-corrected chi connectivity index (χ3v) is 2.66. The molecule has 1 saturated heterocycles. The minimum atomic E-state index is -0.208. The first-order valence-corrected chi connectivity index (χ1v) is 5.11. The highest BCUT2D eigenvalue weighted by Crippen LogP contribution is 2.35. The molecule has 2 heterocycles. The SMILES string of the molecule is COc1nccc(Cl)c1OC1(C)CNC1. The highest BCUT2D eigenvalue weighted by molar-refractivity contribution is 6.32. The Morgan fingerprint density at radius 3 is 2.80 bits per heavy atom. The first-order chi connectivity index (χ1) is 7.14. The number of rotatable bonds is 3. The quantitative estimate of drug-likeness (QED) is 0.851. The number of halogens is 1. The second-order valence-electron chi connectivity index (χ2n) is 3.79. The summed E-state index contributed by atoms with van der Waals surface area (Å²) in [4.78, 5) is 4.05. The average molecular weight is 229 g/mol. The van der Waals surface area contributed by atoms with Crippen molar-refractivity contribution < 1.29 is 9.47 Å². The molecule has 1 N–H and O–H groups in total. The molecule has 0 amide bonds. The van der Waals surface area contributed by atoms with E-state index in [1.165, 1.54) is 0 Å². The van der Waals surface area contributed by atoms with Crippen LogP contribution in [0, 0.1) is 0 Å². The minimum absolute atomic E-state index is 0.208. The van der Waals surface area contributed by atoms with Crippen LogP contribution < -0.4 is 14.8 Å². The second-order valence-corrected chi connectivity index (χ2v) is 4.19. The van der Waals surface area contributed by atoms with Crippen molar-refractivity contribution in [3.63, 3.8) is 0 Å². The molecule has 0 unspecified atom stereocenters. The van der Waals surface area contributed by atoms with E-state index in [1.807, 2.05) is 6.92 Å². The lowest BCUT2D eigenvalue weighted by molar-refractivity contribution is 0.0318. The van der Waals surface area contributed by atoms with Crippen molar-refractivity contribution >= 4 is 11.6 Å². The van der Waals surface area contributed by atoms with Crippen molar-refractivity contribution in [1.82, 2.24) is 10.3 Å². The van der Waals surface area contributed by atoms with E-state index in [-0.39, 0.29) is 5.60 Å². The molecule has 0 spiro atoms. The summed E-state index contributed by atoms with van der Waals surface area (Å²) < 4.78 is 10.9. The Balaban J connectivity index is 2.26. The Hall–Kier alpha value is -1.00. The zero-order chi connectivity index (χ0) is 10.9. The largest absolute Gasteiger partial charge is 0.478 e. The van der Waals surface area contributed by atoms with Gasteiger partial charge in [-0.1, -0.05) is 11.6 Å². The summed E-state index contributed by atoms with van der Waals surface area (Å²) in [6, 6.07) is 1.69. The van der Waals surface area contributed by atoms with Gasteiger partial charge in [-0.25, -0.2) is 4.98 Å². The Kier molecular flexibility index (Phi) is 2.71. The number of nitrogens with one attached hydrogen (secondary N) is 1. The van der Waals surface area contributed by atoms with Crippen molar-refractivity contribution in [1.29, 1.82) is 0 Å². The summed E-state index contributed by atoms with van der Waals surface area (Å²) in [6.45, 7) is 3.63. The van der Waals surface area contributed by atoms with E-state index in [0.717, 1.165) is 13.1 Å². The topological polar surface area (TPSA) is 43.4 Å². The number of pyridine rings is 1. The van der Waals surface area contributed by atoms with E-state index in [4.69, 9.17) is 21.1 Å². The van der Waals surface area contributed by atoms with Crippen molar-refractivity contribution in [2.75, 3.05) is 20.2 Å². The van der Waals surface area contributed by atoms with Crippen molar-refractivity contribution in [2.24, 2.45) is 0 Å². The Morgan fingerprint density at radius 2 is 2.27 bits per heavy atom. The maximum Gasteiger partial charge on any atom is 0.258 e. The van der Waals surface area contributed by atoms with E-state index in [2.05, 4.69) is 10.3 Å². The van der Waals surface area contributed by atoms with Gasteiger partial charge >= 0.3 is 0 Å².